The minimum atomic E-state index is -0.171. The van der Waals surface area contributed by atoms with Crippen LogP contribution < -0.4 is 10.2 Å². The first kappa shape index (κ1) is 18.4. The summed E-state index contributed by atoms with van der Waals surface area (Å²) in [6, 6.07) is 2.09. The summed E-state index contributed by atoms with van der Waals surface area (Å²) in [7, 11) is 0. The molecule has 0 aromatic carbocycles. The summed E-state index contributed by atoms with van der Waals surface area (Å²) in [5.74, 6) is 1.51. The van der Waals surface area contributed by atoms with E-state index in [-0.39, 0.29) is 18.3 Å². The summed E-state index contributed by atoms with van der Waals surface area (Å²) in [6.45, 7) is 9.08. The van der Waals surface area contributed by atoms with Crippen LogP contribution in [0.15, 0.2) is 4.42 Å². The van der Waals surface area contributed by atoms with Crippen molar-refractivity contribution in [3.05, 3.63) is 22.7 Å². The van der Waals surface area contributed by atoms with Crippen LogP contribution in [-0.4, -0.2) is 52.9 Å². The summed E-state index contributed by atoms with van der Waals surface area (Å²) in [5.41, 5.74) is 1.16. The van der Waals surface area contributed by atoms with Gasteiger partial charge in [-0.15, -0.1) is 0 Å². The number of hydrogen-bond acceptors (Lipinski definition) is 8. The van der Waals surface area contributed by atoms with Gasteiger partial charge in [0.1, 0.15) is 23.2 Å². The number of carbonyl (C=O) groups excluding carboxylic acids is 1. The Kier molecular flexibility index (Phi) is 5.54. The molecule has 1 aliphatic rings. The Balaban J connectivity index is 1.57. The zero-order valence-corrected chi connectivity index (χ0v) is 16.0. The topological polar surface area (TPSA) is 98.3 Å². The molecule has 0 spiro atoms. The van der Waals surface area contributed by atoms with E-state index in [2.05, 4.69) is 30.5 Å². The fourth-order valence-corrected chi connectivity index (χ4v) is 3.68. The van der Waals surface area contributed by atoms with E-state index < -0.39 is 0 Å². The van der Waals surface area contributed by atoms with Gasteiger partial charge in [0, 0.05) is 43.3 Å². The van der Waals surface area contributed by atoms with Crippen molar-refractivity contribution in [2.45, 2.75) is 27.2 Å². The van der Waals surface area contributed by atoms with Gasteiger partial charge in [-0.2, -0.15) is 9.64 Å². The number of rotatable bonds is 4. The van der Waals surface area contributed by atoms with Crippen LogP contribution in [0.25, 0.3) is 0 Å². The minimum absolute atomic E-state index is 0.171. The largest absolute Gasteiger partial charge is 0.444 e. The zero-order valence-electron chi connectivity index (χ0n) is 15.2. The molecule has 1 N–H and O–H groups in total. The first-order chi connectivity index (χ1) is 12.5. The van der Waals surface area contributed by atoms with Gasteiger partial charge in [0.05, 0.1) is 6.54 Å². The average Bonchev–Trinajstić information content (AvgIpc) is 3.04. The van der Waals surface area contributed by atoms with E-state index in [1.807, 2.05) is 13.8 Å². The third-order valence-electron chi connectivity index (χ3n) is 4.49. The molecular formula is C17H22N6O2S. The molecular weight excluding hydrogens is 352 g/mol. The Morgan fingerprint density at radius 1 is 1.31 bits per heavy atom. The highest BCUT2D eigenvalue weighted by Crippen LogP contribution is 2.25. The number of nitrogens with zero attached hydrogens (tertiary/aromatic N) is 5. The number of furan rings is 1. The molecule has 0 radical (unpaired) electrons. The lowest BCUT2D eigenvalue weighted by molar-refractivity contribution is -0.117. The summed E-state index contributed by atoms with van der Waals surface area (Å²) < 4.78 is 9.74. The van der Waals surface area contributed by atoms with Crippen molar-refractivity contribution < 1.29 is 9.21 Å². The molecule has 0 aliphatic carbocycles. The minimum Gasteiger partial charge on any atom is -0.444 e. The molecule has 26 heavy (non-hydrogen) atoms. The van der Waals surface area contributed by atoms with Crippen LogP contribution in [0.3, 0.4) is 0 Å². The Morgan fingerprint density at radius 3 is 2.81 bits per heavy atom. The summed E-state index contributed by atoms with van der Waals surface area (Å²) in [4.78, 5) is 21.1. The second-order valence-corrected chi connectivity index (χ2v) is 7.12. The van der Waals surface area contributed by atoms with Gasteiger partial charge in [0.2, 0.25) is 16.9 Å². The number of anilines is 2. The molecule has 1 amide bonds. The van der Waals surface area contributed by atoms with Gasteiger partial charge in [0.15, 0.2) is 0 Å². The van der Waals surface area contributed by atoms with Crippen molar-refractivity contribution in [3.63, 3.8) is 0 Å². The first-order valence-corrected chi connectivity index (χ1v) is 9.33. The second kappa shape index (κ2) is 7.85. The molecule has 8 nitrogen and oxygen atoms in total. The smallest absolute Gasteiger partial charge is 0.240 e. The van der Waals surface area contributed by atoms with E-state index in [9.17, 15) is 10.1 Å². The molecule has 3 heterocycles. The van der Waals surface area contributed by atoms with Crippen LogP contribution in [0.4, 0.5) is 11.0 Å². The van der Waals surface area contributed by atoms with Crippen molar-refractivity contribution in [3.8, 4) is 6.07 Å². The highest BCUT2D eigenvalue weighted by atomic mass is 32.1. The Hall–Kier alpha value is -2.44. The maximum absolute atomic E-state index is 12.4. The molecule has 0 bridgehead atoms. The SMILES string of the molecule is Cc1nsc(N2CCCN(CC(=O)Nc3oc(C)c(C)c3C#N)CC2)n1. The fraction of sp³-hybridized carbons (Fsp3) is 0.529. The van der Waals surface area contributed by atoms with Gasteiger partial charge in [-0.25, -0.2) is 4.98 Å². The highest BCUT2D eigenvalue weighted by Gasteiger charge is 2.21. The Morgan fingerprint density at radius 2 is 2.12 bits per heavy atom. The van der Waals surface area contributed by atoms with E-state index in [0.717, 1.165) is 49.1 Å². The molecule has 138 valence electrons. The summed E-state index contributed by atoms with van der Waals surface area (Å²) in [6.07, 6.45) is 0.953. The third kappa shape index (κ3) is 4.03. The Labute approximate surface area is 156 Å². The molecule has 0 atom stereocenters. The van der Waals surface area contributed by atoms with Crippen LogP contribution in [-0.2, 0) is 4.79 Å². The standard InChI is InChI=1S/C17H22N6O2S/c1-11-12(2)25-16(14(11)9-18)20-15(24)10-22-5-4-6-23(8-7-22)17-19-13(3)21-26-17/h4-8,10H2,1-3H3,(H,20,24). The molecule has 3 rings (SSSR count). The molecule has 0 saturated carbocycles. The lowest BCUT2D eigenvalue weighted by Crippen LogP contribution is -2.36. The number of nitrogens with one attached hydrogen (secondary N) is 1. The van der Waals surface area contributed by atoms with E-state index in [4.69, 9.17) is 4.42 Å². The molecule has 2 aromatic rings. The highest BCUT2D eigenvalue weighted by molar-refractivity contribution is 7.09. The van der Waals surface area contributed by atoms with Gasteiger partial charge in [-0.3, -0.25) is 15.0 Å². The van der Waals surface area contributed by atoms with Crippen molar-refractivity contribution in [1.82, 2.24) is 14.3 Å². The number of amides is 1. The van der Waals surface area contributed by atoms with Crippen LogP contribution in [0.1, 0.15) is 29.1 Å². The lowest BCUT2D eigenvalue weighted by atomic mass is 10.2. The van der Waals surface area contributed by atoms with Gasteiger partial charge in [-0.1, -0.05) is 0 Å². The predicted molar refractivity (Wildman–Crippen MR) is 99.4 cm³/mol. The number of nitriles is 1. The monoisotopic (exact) mass is 374 g/mol. The molecule has 2 aromatic heterocycles. The van der Waals surface area contributed by atoms with Crippen molar-refractivity contribution >= 4 is 28.5 Å². The summed E-state index contributed by atoms with van der Waals surface area (Å²) >= 11 is 1.41. The molecule has 0 unspecified atom stereocenters. The summed E-state index contributed by atoms with van der Waals surface area (Å²) in [5, 5.41) is 12.9. The van der Waals surface area contributed by atoms with Gasteiger partial charge < -0.3 is 9.32 Å². The van der Waals surface area contributed by atoms with Crippen molar-refractivity contribution in [1.29, 1.82) is 5.26 Å². The van der Waals surface area contributed by atoms with E-state index in [1.165, 1.54) is 11.5 Å². The van der Waals surface area contributed by atoms with Crippen LogP contribution in [0, 0.1) is 32.1 Å². The molecule has 1 fully saturated rings. The zero-order chi connectivity index (χ0) is 18.7. The van der Waals surface area contributed by atoms with Crippen molar-refractivity contribution in [2.24, 2.45) is 0 Å². The van der Waals surface area contributed by atoms with Gasteiger partial charge in [-0.05, 0) is 27.2 Å². The average molecular weight is 374 g/mol. The number of hydrogen-bond donors (Lipinski definition) is 1. The molecule has 1 saturated heterocycles. The predicted octanol–water partition coefficient (Wildman–Crippen LogP) is 2.08. The van der Waals surface area contributed by atoms with Gasteiger partial charge in [0.25, 0.3) is 0 Å². The molecule has 9 heteroatoms. The van der Waals surface area contributed by atoms with Gasteiger partial charge >= 0.3 is 0 Å². The van der Waals surface area contributed by atoms with Crippen molar-refractivity contribution in [2.75, 3.05) is 42.9 Å². The van der Waals surface area contributed by atoms with Crippen LogP contribution in [0.2, 0.25) is 0 Å². The maximum Gasteiger partial charge on any atom is 0.240 e. The second-order valence-electron chi connectivity index (χ2n) is 6.39. The maximum atomic E-state index is 12.4. The quantitative estimate of drug-likeness (QED) is 0.875. The molecule has 1 aliphatic heterocycles. The van der Waals surface area contributed by atoms with E-state index >= 15 is 0 Å². The fourth-order valence-electron chi connectivity index (χ4n) is 2.95. The number of aryl methyl sites for hydroxylation is 2. The van der Waals surface area contributed by atoms with Crippen LogP contribution >= 0.6 is 11.5 Å². The third-order valence-corrected chi connectivity index (χ3v) is 5.36. The number of carbonyl (C=O) groups is 1. The number of aromatic nitrogens is 2. The van der Waals surface area contributed by atoms with E-state index in [0.29, 0.717) is 11.3 Å². The van der Waals surface area contributed by atoms with Crippen LogP contribution in [0.5, 0.6) is 0 Å². The van der Waals surface area contributed by atoms with E-state index in [1.54, 1.807) is 6.92 Å². The Bertz CT molecular complexity index is 837. The lowest BCUT2D eigenvalue weighted by Gasteiger charge is -2.20. The first-order valence-electron chi connectivity index (χ1n) is 8.55. The normalized spacial score (nSPS) is 15.5.